The summed E-state index contributed by atoms with van der Waals surface area (Å²) >= 11 is 11.6. The van der Waals surface area contributed by atoms with Gasteiger partial charge in [-0.15, -0.1) is 0 Å². The number of carbonyl (C=O) groups excluding carboxylic acids is 2. The van der Waals surface area contributed by atoms with Gasteiger partial charge in [0.1, 0.15) is 6.34 Å². The highest BCUT2D eigenvalue weighted by molar-refractivity contribution is 6.35. The van der Waals surface area contributed by atoms with Gasteiger partial charge in [0.05, 0.1) is 6.04 Å². The van der Waals surface area contributed by atoms with Crippen molar-refractivity contribution in [3.05, 3.63) is 70.3 Å². The fraction of sp³-hybridized carbons (Fsp3) is 0.579. The Morgan fingerprint density at radius 3 is 1.88 bits per heavy atom. The minimum Gasteiger partial charge on any atom is -0.388 e. The summed E-state index contributed by atoms with van der Waals surface area (Å²) < 4.78 is 0. The van der Waals surface area contributed by atoms with Gasteiger partial charge in [-0.05, 0) is 69.4 Å². The minimum absolute atomic E-state index is 0.205. The first-order valence-corrected chi connectivity index (χ1v) is 18.4. The molecule has 1 fully saturated rings. The maximum Gasteiger partial charge on any atom is 0.220 e. The van der Waals surface area contributed by atoms with E-state index in [0.29, 0.717) is 22.5 Å². The molecule has 0 saturated heterocycles. The Bertz CT molecular complexity index is 1020. The average Bonchev–Trinajstić information content (AvgIpc) is 3.12. The second-order valence-electron chi connectivity index (χ2n) is 9.46. The summed E-state index contributed by atoms with van der Waals surface area (Å²) in [5, 5.41) is 6.86. The molecule has 0 aliphatic heterocycles. The topological polar surface area (TPSA) is 138 Å². The van der Waals surface area contributed by atoms with E-state index in [1.54, 1.807) is 26.1 Å². The van der Waals surface area contributed by atoms with Gasteiger partial charge in [0, 0.05) is 42.3 Å². The number of hydrazine groups is 1. The second kappa shape index (κ2) is 42.9. The fourth-order valence-corrected chi connectivity index (χ4v) is 4.95. The standard InChI is InChI=1S/C19H31NO.C9H9Cl2N.C3H7NO.3C2H6.CH6N4/c1-5-8-13-17(7-3)19(12-6-2)20(16(4)21)18-14-10-9-11-15-18;1-6(12-2)7-3-8(10)5-9(11)4-7;1-2-4-3-5;3*1-2;2-1-4-5-3/h5,7-8,13,18-19H,1,6,9-12,14-15H2,2-4H3;3-5H,1-2H3;3H,2H2,1H3,(H,4,5);3*1-2H3;1,5H,3H2,(H2,2,4)/b13-8-,17-7+;;;;;;/t19-;;;;;;/m1....../s1. The molecule has 11 heteroatoms. The lowest BCUT2D eigenvalue weighted by Gasteiger charge is -2.40. The van der Waals surface area contributed by atoms with Crippen LogP contribution in [0, 0.1) is 0 Å². The van der Waals surface area contributed by atoms with E-state index in [-0.39, 0.29) is 11.9 Å². The van der Waals surface area contributed by atoms with E-state index >= 15 is 0 Å². The van der Waals surface area contributed by atoms with Gasteiger partial charge in [0.25, 0.3) is 0 Å². The maximum absolute atomic E-state index is 12.3. The Hall–Kier alpha value is -3.14. The number of hydrazone groups is 1. The summed E-state index contributed by atoms with van der Waals surface area (Å²) in [6.45, 7) is 26.2. The number of nitrogens with zero attached hydrogens (tertiary/aromatic N) is 3. The summed E-state index contributed by atoms with van der Waals surface area (Å²) in [7, 11) is 1.74. The van der Waals surface area contributed by atoms with Crippen molar-refractivity contribution in [3.8, 4) is 0 Å². The SMILES string of the molecule is C=C/C=C\C(=C/C)[C@@H](CCC)N(C(C)=O)C1CCCCC1.CC.CC.CC.CCNC=O.CN=C(C)c1cc(Cl)cc(Cl)c1.N/C=N\NN. The van der Waals surface area contributed by atoms with Crippen LogP contribution in [0.15, 0.2) is 64.7 Å². The number of aliphatic imine (C=N–C) groups is 1. The van der Waals surface area contributed by atoms with Crippen molar-refractivity contribution in [2.24, 2.45) is 21.7 Å². The molecule has 6 N–H and O–H groups in total. The van der Waals surface area contributed by atoms with Crippen LogP contribution in [-0.4, -0.2) is 54.9 Å². The highest BCUT2D eigenvalue weighted by Crippen LogP contribution is 2.29. The molecule has 0 radical (unpaired) electrons. The highest BCUT2D eigenvalue weighted by Gasteiger charge is 2.30. The van der Waals surface area contributed by atoms with Crippen LogP contribution in [0.4, 0.5) is 0 Å². The Labute approximate surface area is 310 Å². The number of halogens is 2. The molecule has 0 bridgehead atoms. The first-order valence-electron chi connectivity index (χ1n) is 17.6. The number of amides is 2. The van der Waals surface area contributed by atoms with Gasteiger partial charge in [-0.1, -0.05) is 128 Å². The van der Waals surface area contributed by atoms with Crippen molar-refractivity contribution < 1.29 is 9.59 Å². The molecule has 0 spiro atoms. The van der Waals surface area contributed by atoms with Crippen LogP contribution in [0.1, 0.15) is 127 Å². The molecule has 0 unspecified atom stereocenters. The molecule has 284 valence electrons. The minimum atomic E-state index is 0.205. The number of hydrogen-bond acceptors (Lipinski definition) is 6. The van der Waals surface area contributed by atoms with Crippen molar-refractivity contribution in [1.29, 1.82) is 0 Å². The smallest absolute Gasteiger partial charge is 0.220 e. The predicted molar refractivity (Wildman–Crippen MR) is 220 cm³/mol. The first-order chi connectivity index (χ1) is 23.6. The van der Waals surface area contributed by atoms with E-state index in [2.05, 4.69) is 58.7 Å². The van der Waals surface area contributed by atoms with Gasteiger partial charge in [0.15, 0.2) is 0 Å². The van der Waals surface area contributed by atoms with Crippen LogP contribution in [0.5, 0.6) is 0 Å². The van der Waals surface area contributed by atoms with Crippen LogP contribution in [0.2, 0.25) is 10.0 Å². The third-order valence-corrected chi connectivity index (χ3v) is 6.86. The van der Waals surface area contributed by atoms with E-state index in [4.69, 9.17) is 28.9 Å². The van der Waals surface area contributed by atoms with Crippen LogP contribution in [0.25, 0.3) is 0 Å². The average molecular weight is 729 g/mol. The normalized spacial score (nSPS) is 12.9. The molecule has 1 aliphatic rings. The Morgan fingerprint density at radius 1 is 1.04 bits per heavy atom. The number of benzene rings is 1. The van der Waals surface area contributed by atoms with Crippen molar-refractivity contribution in [3.63, 3.8) is 0 Å². The van der Waals surface area contributed by atoms with Crippen molar-refractivity contribution in [2.45, 2.75) is 133 Å². The molecule has 2 amide bonds. The number of rotatable bonds is 11. The van der Waals surface area contributed by atoms with Crippen LogP contribution in [0.3, 0.4) is 0 Å². The van der Waals surface area contributed by atoms with E-state index in [9.17, 15) is 9.59 Å². The zero-order valence-electron chi connectivity index (χ0n) is 32.8. The van der Waals surface area contributed by atoms with Crippen molar-refractivity contribution in [1.82, 2.24) is 15.8 Å². The second-order valence-corrected chi connectivity index (χ2v) is 10.3. The van der Waals surface area contributed by atoms with E-state index in [1.165, 1.54) is 24.8 Å². The molecule has 1 atom stereocenters. The Kier molecular flexibility index (Phi) is 48.4. The maximum atomic E-state index is 12.3. The Morgan fingerprint density at radius 2 is 1.57 bits per heavy atom. The molecule has 1 aliphatic carbocycles. The van der Waals surface area contributed by atoms with Gasteiger partial charge in [-0.25, -0.2) is 11.4 Å². The molecule has 1 aromatic rings. The zero-order valence-corrected chi connectivity index (χ0v) is 34.3. The lowest BCUT2D eigenvalue weighted by molar-refractivity contribution is -0.133. The van der Waals surface area contributed by atoms with Crippen LogP contribution in [-0.2, 0) is 9.59 Å². The van der Waals surface area contributed by atoms with Gasteiger partial charge < -0.3 is 16.0 Å². The van der Waals surface area contributed by atoms with Gasteiger partial charge in [-0.3, -0.25) is 14.6 Å². The predicted octanol–water partition coefficient (Wildman–Crippen LogP) is 9.64. The van der Waals surface area contributed by atoms with Gasteiger partial charge >= 0.3 is 0 Å². The molecule has 9 nitrogen and oxygen atoms in total. The summed E-state index contributed by atoms with van der Waals surface area (Å²) in [6.07, 6.45) is 18.0. The quantitative estimate of drug-likeness (QED) is 0.0449. The van der Waals surface area contributed by atoms with Crippen molar-refractivity contribution in [2.75, 3.05) is 13.6 Å². The molecule has 1 saturated carbocycles. The van der Waals surface area contributed by atoms with E-state index in [0.717, 1.165) is 49.8 Å². The molecule has 2 rings (SSSR count). The van der Waals surface area contributed by atoms with E-state index < -0.39 is 0 Å². The third-order valence-electron chi connectivity index (χ3n) is 6.42. The first kappa shape index (κ1) is 55.3. The van der Waals surface area contributed by atoms with Crippen LogP contribution < -0.4 is 22.4 Å². The molecule has 0 heterocycles. The third kappa shape index (κ3) is 30.6. The molecular weight excluding hydrogens is 657 g/mol. The molecule has 49 heavy (non-hydrogen) atoms. The number of hydrogen-bond donors (Lipinski definition) is 4. The lowest BCUT2D eigenvalue weighted by atomic mass is 9.90. The van der Waals surface area contributed by atoms with E-state index in [1.807, 2.05) is 79.1 Å². The summed E-state index contributed by atoms with van der Waals surface area (Å²) in [6, 6.07) is 6.01. The zero-order chi connectivity index (χ0) is 39.0. The fourth-order valence-electron chi connectivity index (χ4n) is 4.43. The van der Waals surface area contributed by atoms with Gasteiger partial charge in [-0.2, -0.15) is 5.10 Å². The summed E-state index contributed by atoms with van der Waals surface area (Å²) in [5.74, 6) is 4.83. The van der Waals surface area contributed by atoms with Crippen LogP contribution >= 0.6 is 23.2 Å². The summed E-state index contributed by atoms with van der Waals surface area (Å²) in [4.78, 5) is 27.8. The van der Waals surface area contributed by atoms with Crippen molar-refractivity contribution >= 4 is 47.6 Å². The molecule has 1 aromatic carbocycles. The number of nitrogens with one attached hydrogen (secondary N) is 2. The number of carbonyl (C=O) groups is 2. The number of allylic oxidation sites excluding steroid dienone is 3. The Balaban J connectivity index is -0.000000194. The highest BCUT2D eigenvalue weighted by atomic mass is 35.5. The number of nitrogens with two attached hydrogens (primary N) is 2. The molecular formula is C38H71Cl2N7O2. The largest absolute Gasteiger partial charge is 0.388 e. The lowest BCUT2D eigenvalue weighted by Crippen LogP contribution is -2.47. The monoisotopic (exact) mass is 728 g/mol. The van der Waals surface area contributed by atoms with Gasteiger partial charge in [0.2, 0.25) is 12.3 Å². The summed E-state index contributed by atoms with van der Waals surface area (Å²) in [5.41, 5.74) is 9.80. The molecule has 0 aromatic heterocycles.